The van der Waals surface area contributed by atoms with Gasteiger partial charge in [-0.15, -0.1) is 0 Å². The van der Waals surface area contributed by atoms with Gasteiger partial charge < -0.3 is 35.0 Å². The monoisotopic (exact) mass is 576 g/mol. The third-order valence-corrected chi connectivity index (χ3v) is 12.7. The highest BCUT2D eigenvalue weighted by Crippen LogP contribution is 2.67. The zero-order valence-electron chi connectivity index (χ0n) is 26.1. The van der Waals surface area contributed by atoms with E-state index in [1.54, 1.807) is 6.92 Å². The van der Waals surface area contributed by atoms with E-state index in [-0.39, 0.29) is 40.8 Å². The van der Waals surface area contributed by atoms with Crippen LogP contribution in [0.5, 0.6) is 0 Å². The van der Waals surface area contributed by atoms with Gasteiger partial charge in [-0.2, -0.15) is 0 Å². The summed E-state index contributed by atoms with van der Waals surface area (Å²) in [6, 6.07) is 0. The molecule has 7 heteroatoms. The number of ether oxygens (including phenoxy) is 2. The molecule has 5 rings (SSSR count). The lowest BCUT2D eigenvalue weighted by Gasteiger charge is -2.59. The van der Waals surface area contributed by atoms with Crippen molar-refractivity contribution < 1.29 is 35.0 Å². The van der Waals surface area contributed by atoms with Gasteiger partial charge >= 0.3 is 0 Å². The first-order valence-corrected chi connectivity index (χ1v) is 16.3. The minimum absolute atomic E-state index is 0.0126. The van der Waals surface area contributed by atoms with Gasteiger partial charge in [0.15, 0.2) is 6.29 Å². The van der Waals surface area contributed by atoms with Crippen LogP contribution in [0.3, 0.4) is 0 Å². The first-order chi connectivity index (χ1) is 19.2. The Balaban J connectivity index is 1.30. The van der Waals surface area contributed by atoms with Gasteiger partial charge in [0, 0.05) is 0 Å². The van der Waals surface area contributed by atoms with E-state index >= 15 is 0 Å². The summed E-state index contributed by atoms with van der Waals surface area (Å²) in [5, 5.41) is 53.9. The molecule has 7 nitrogen and oxygen atoms in total. The van der Waals surface area contributed by atoms with E-state index in [2.05, 4.69) is 47.3 Å². The van der Waals surface area contributed by atoms with Crippen molar-refractivity contribution in [3.05, 3.63) is 23.8 Å². The maximum Gasteiger partial charge on any atom is 0.186 e. The van der Waals surface area contributed by atoms with Gasteiger partial charge in [-0.3, -0.25) is 0 Å². The molecule has 41 heavy (non-hydrogen) atoms. The molecule has 234 valence electrons. The van der Waals surface area contributed by atoms with Gasteiger partial charge in [0.2, 0.25) is 0 Å². The molecule has 4 aliphatic carbocycles. The van der Waals surface area contributed by atoms with E-state index in [0.29, 0.717) is 24.2 Å². The van der Waals surface area contributed by atoms with Crippen LogP contribution in [0, 0.1) is 46.3 Å². The molecule has 1 saturated heterocycles. The minimum Gasteiger partial charge on any atom is -0.393 e. The molecule has 0 aromatic rings. The number of fused-ring (bicyclic) bond motifs is 5. The van der Waals surface area contributed by atoms with Gasteiger partial charge in [0.05, 0.1) is 24.4 Å². The fraction of sp³-hybridized carbons (Fsp3) is 0.882. The largest absolute Gasteiger partial charge is 0.393 e. The summed E-state index contributed by atoms with van der Waals surface area (Å²) in [4.78, 5) is 0. The summed E-state index contributed by atoms with van der Waals surface area (Å²) >= 11 is 0. The molecule has 0 bridgehead atoms. The summed E-state index contributed by atoms with van der Waals surface area (Å²) in [6.07, 6.45) is 2.92. The fourth-order valence-corrected chi connectivity index (χ4v) is 10.0. The van der Waals surface area contributed by atoms with Gasteiger partial charge in [-0.25, -0.2) is 0 Å². The zero-order chi connectivity index (χ0) is 30.0. The standard InChI is InChI=1S/C34H56O7/c1-17(2)18(3)8-9-19(4)28-26(36)16-24-27-23(11-13-34(24,28)7)33(6)12-10-22(14-21(33)15-25(27)35)41-32-31(39)30(38)29(37)20(5)40-32/h15,17,19-20,22-32,35-39H,3,8-14,16H2,1-2,4-7H3/t19-,20+,22+,23+,24+,25-,26+,27-,28+,29-,30-,31+,32+,33+,34+/m1/s1. The number of allylic oxidation sites excluding steroid dienone is 1. The van der Waals surface area contributed by atoms with E-state index in [1.807, 2.05) is 0 Å². The number of aliphatic hydroxyl groups excluding tert-OH is 5. The first kappa shape index (κ1) is 31.6. The lowest BCUT2D eigenvalue weighted by atomic mass is 9.46. The van der Waals surface area contributed by atoms with E-state index < -0.39 is 36.8 Å². The Bertz CT molecular complexity index is 996. The minimum atomic E-state index is -1.31. The molecule has 0 amide bonds. The molecule has 5 N–H and O–H groups in total. The van der Waals surface area contributed by atoms with Crippen molar-refractivity contribution in [2.75, 3.05) is 0 Å². The number of hydrogen-bond acceptors (Lipinski definition) is 7. The molecule has 5 aliphatic rings. The van der Waals surface area contributed by atoms with Crippen LogP contribution in [0.15, 0.2) is 23.8 Å². The van der Waals surface area contributed by atoms with Crippen LogP contribution >= 0.6 is 0 Å². The lowest BCUT2D eigenvalue weighted by molar-refractivity contribution is -0.306. The highest BCUT2D eigenvalue weighted by Gasteiger charge is 2.63. The van der Waals surface area contributed by atoms with Crippen molar-refractivity contribution in [2.24, 2.45) is 46.3 Å². The summed E-state index contributed by atoms with van der Waals surface area (Å²) in [7, 11) is 0. The fourth-order valence-electron chi connectivity index (χ4n) is 10.0. The predicted octanol–water partition coefficient (Wildman–Crippen LogP) is 4.35. The summed E-state index contributed by atoms with van der Waals surface area (Å²) < 4.78 is 11.9. The van der Waals surface area contributed by atoms with Crippen LogP contribution in [-0.2, 0) is 9.47 Å². The highest BCUT2D eigenvalue weighted by atomic mass is 16.7. The van der Waals surface area contributed by atoms with Crippen LogP contribution < -0.4 is 0 Å². The molecular weight excluding hydrogens is 520 g/mol. The molecule has 15 atom stereocenters. The van der Waals surface area contributed by atoms with Crippen molar-refractivity contribution >= 4 is 0 Å². The van der Waals surface area contributed by atoms with E-state index in [9.17, 15) is 25.5 Å². The molecule has 1 heterocycles. The predicted molar refractivity (Wildman–Crippen MR) is 158 cm³/mol. The molecular formula is C34H56O7. The van der Waals surface area contributed by atoms with E-state index in [4.69, 9.17) is 9.47 Å². The SMILES string of the molecule is C=C(CC[C@@H](C)[C@H]1[C@@H](O)C[C@H]2[C@@H]3[C@H](O)C=C4C[C@@H](O[C@@H]5O[C@@H](C)[C@@H](O)[C@@H](O)[C@@H]5O)CC[C@]4(C)[C@H]3CC[C@]12C)C(C)C. The number of aliphatic hydroxyl groups is 5. The van der Waals surface area contributed by atoms with Crippen molar-refractivity contribution in [1.29, 1.82) is 0 Å². The smallest absolute Gasteiger partial charge is 0.186 e. The maximum absolute atomic E-state index is 11.7. The van der Waals surface area contributed by atoms with E-state index in [0.717, 1.165) is 44.9 Å². The Kier molecular flexibility index (Phi) is 8.95. The van der Waals surface area contributed by atoms with Crippen molar-refractivity contribution in [3.63, 3.8) is 0 Å². The maximum atomic E-state index is 11.7. The Labute approximate surface area is 247 Å². The Morgan fingerprint density at radius 2 is 1.73 bits per heavy atom. The molecule has 0 aromatic carbocycles. The van der Waals surface area contributed by atoms with Crippen LogP contribution in [0.4, 0.5) is 0 Å². The molecule has 0 spiro atoms. The lowest BCUT2D eigenvalue weighted by Crippen LogP contribution is -2.58. The van der Waals surface area contributed by atoms with Crippen molar-refractivity contribution in [1.82, 2.24) is 0 Å². The quantitative estimate of drug-likeness (QED) is 0.286. The Morgan fingerprint density at radius 3 is 2.41 bits per heavy atom. The van der Waals surface area contributed by atoms with Crippen LogP contribution in [0.2, 0.25) is 0 Å². The second-order valence-electron chi connectivity index (χ2n) is 15.3. The molecule has 4 fully saturated rings. The van der Waals surface area contributed by atoms with Crippen LogP contribution in [0.25, 0.3) is 0 Å². The van der Waals surface area contributed by atoms with Crippen LogP contribution in [-0.4, -0.2) is 74.6 Å². The number of rotatable bonds is 7. The topological polar surface area (TPSA) is 120 Å². The summed E-state index contributed by atoms with van der Waals surface area (Å²) in [6.45, 7) is 17.4. The highest BCUT2D eigenvalue weighted by molar-refractivity contribution is 5.28. The van der Waals surface area contributed by atoms with E-state index in [1.165, 1.54) is 11.1 Å². The van der Waals surface area contributed by atoms with Gasteiger partial charge in [-0.05, 0) is 105 Å². The third kappa shape index (κ3) is 5.40. The summed E-state index contributed by atoms with van der Waals surface area (Å²) in [5.74, 6) is 1.90. The van der Waals surface area contributed by atoms with Crippen molar-refractivity contribution in [3.8, 4) is 0 Å². The number of hydrogen-bond donors (Lipinski definition) is 5. The molecule has 0 radical (unpaired) electrons. The normalized spacial score (nSPS) is 50.5. The third-order valence-electron chi connectivity index (χ3n) is 12.7. The molecule has 0 aromatic heterocycles. The zero-order valence-corrected chi connectivity index (χ0v) is 26.1. The molecule has 1 aliphatic heterocycles. The Hall–Kier alpha value is -0.800. The first-order valence-electron chi connectivity index (χ1n) is 16.3. The second-order valence-corrected chi connectivity index (χ2v) is 15.3. The summed E-state index contributed by atoms with van der Waals surface area (Å²) in [5.41, 5.74) is 2.49. The average Bonchev–Trinajstić information content (AvgIpc) is 3.19. The van der Waals surface area contributed by atoms with Gasteiger partial charge in [0.25, 0.3) is 0 Å². The van der Waals surface area contributed by atoms with Crippen LogP contribution in [0.1, 0.15) is 92.9 Å². The Morgan fingerprint density at radius 1 is 1.02 bits per heavy atom. The molecule has 0 unspecified atom stereocenters. The molecule has 3 saturated carbocycles. The average molecular weight is 577 g/mol. The van der Waals surface area contributed by atoms with Gasteiger partial charge in [0.1, 0.15) is 18.3 Å². The van der Waals surface area contributed by atoms with Crippen molar-refractivity contribution in [2.45, 2.75) is 142 Å². The second kappa shape index (κ2) is 11.6. The van der Waals surface area contributed by atoms with Gasteiger partial charge in [-0.1, -0.05) is 58.4 Å².